The molecule has 0 saturated carbocycles. The van der Waals surface area contributed by atoms with Gasteiger partial charge in [-0.05, 0) is 63.1 Å². The van der Waals surface area contributed by atoms with Gasteiger partial charge >= 0.3 is 0 Å². The molecule has 1 saturated heterocycles. The number of carbonyl (C=O) groups excluding carboxylic acids is 1. The molecule has 0 bridgehead atoms. The molecule has 21 heavy (non-hydrogen) atoms. The Morgan fingerprint density at radius 1 is 1.43 bits per heavy atom. The Morgan fingerprint density at radius 2 is 2.33 bits per heavy atom. The molecule has 1 fully saturated rings. The Bertz CT molecular complexity index is 403. The second-order valence-corrected chi connectivity index (χ2v) is 7.08. The summed E-state index contributed by atoms with van der Waals surface area (Å²) >= 11 is 1.83. The fourth-order valence-corrected chi connectivity index (χ4v) is 3.86. The van der Waals surface area contributed by atoms with Crippen LogP contribution in [0.2, 0.25) is 0 Å². The predicted molar refractivity (Wildman–Crippen MR) is 89.7 cm³/mol. The summed E-state index contributed by atoms with van der Waals surface area (Å²) in [6, 6.07) is 4.31. The first-order valence-electron chi connectivity index (χ1n) is 8.24. The van der Waals surface area contributed by atoms with Crippen molar-refractivity contribution in [2.75, 3.05) is 26.7 Å². The van der Waals surface area contributed by atoms with Gasteiger partial charge in [0.15, 0.2) is 0 Å². The summed E-state index contributed by atoms with van der Waals surface area (Å²) in [7, 11) is 1.99. The molecule has 1 aromatic rings. The van der Waals surface area contributed by atoms with Gasteiger partial charge in [0.2, 0.25) is 5.91 Å². The third-order valence-electron chi connectivity index (χ3n) is 4.26. The highest BCUT2D eigenvalue weighted by Gasteiger charge is 2.22. The van der Waals surface area contributed by atoms with Crippen LogP contribution in [0.15, 0.2) is 17.5 Å². The SMILES string of the molecule is CNCC1CCCN(C(=O)CCCCCc2cccs2)C1. The third kappa shape index (κ3) is 5.79. The molecule has 2 rings (SSSR count). The average molecular weight is 308 g/mol. The van der Waals surface area contributed by atoms with E-state index in [2.05, 4.69) is 27.7 Å². The van der Waals surface area contributed by atoms with Crippen LogP contribution in [-0.2, 0) is 11.2 Å². The standard InChI is InChI=1S/C17H28N2OS/c1-18-13-15-7-5-11-19(14-15)17(20)10-4-2-3-8-16-9-6-12-21-16/h6,9,12,15,18H,2-5,7-8,10-11,13-14H2,1H3. The summed E-state index contributed by atoms with van der Waals surface area (Å²) < 4.78 is 0. The zero-order valence-corrected chi connectivity index (χ0v) is 14.0. The molecule has 1 unspecified atom stereocenters. The number of unbranched alkanes of at least 4 members (excludes halogenated alkanes) is 2. The van der Waals surface area contributed by atoms with Crippen LogP contribution < -0.4 is 5.32 Å². The minimum atomic E-state index is 0.368. The van der Waals surface area contributed by atoms with Gasteiger partial charge in [-0.3, -0.25) is 4.79 Å². The first-order chi connectivity index (χ1) is 10.3. The lowest BCUT2D eigenvalue weighted by molar-refractivity contribution is -0.133. The molecule has 4 heteroatoms. The smallest absolute Gasteiger partial charge is 0.222 e. The van der Waals surface area contributed by atoms with Gasteiger partial charge in [0.1, 0.15) is 0 Å². The van der Waals surface area contributed by atoms with Crippen molar-refractivity contribution in [1.82, 2.24) is 10.2 Å². The van der Waals surface area contributed by atoms with Crippen molar-refractivity contribution in [2.45, 2.75) is 44.9 Å². The Hall–Kier alpha value is -0.870. The number of hydrogen-bond acceptors (Lipinski definition) is 3. The number of nitrogens with zero attached hydrogens (tertiary/aromatic N) is 1. The second-order valence-electron chi connectivity index (χ2n) is 6.05. The lowest BCUT2D eigenvalue weighted by atomic mass is 9.97. The van der Waals surface area contributed by atoms with Gasteiger partial charge in [0.25, 0.3) is 0 Å². The third-order valence-corrected chi connectivity index (χ3v) is 5.19. The molecule has 0 radical (unpaired) electrons. The van der Waals surface area contributed by atoms with Gasteiger partial charge in [-0.15, -0.1) is 11.3 Å². The van der Waals surface area contributed by atoms with E-state index in [1.807, 2.05) is 18.4 Å². The predicted octanol–water partition coefficient (Wildman–Crippen LogP) is 3.31. The van der Waals surface area contributed by atoms with Gasteiger partial charge < -0.3 is 10.2 Å². The van der Waals surface area contributed by atoms with Crippen LogP contribution in [0.5, 0.6) is 0 Å². The van der Waals surface area contributed by atoms with Crippen molar-refractivity contribution in [2.24, 2.45) is 5.92 Å². The molecule has 1 aliphatic heterocycles. The van der Waals surface area contributed by atoms with Gasteiger partial charge in [0.05, 0.1) is 0 Å². The number of nitrogens with one attached hydrogen (secondary N) is 1. The fourth-order valence-electron chi connectivity index (χ4n) is 3.11. The van der Waals surface area contributed by atoms with Crippen molar-refractivity contribution >= 4 is 17.2 Å². The molecule has 1 atom stereocenters. The number of likely N-dealkylation sites (tertiary alicyclic amines) is 1. The first kappa shape index (κ1) is 16.5. The minimum absolute atomic E-state index is 0.368. The van der Waals surface area contributed by atoms with E-state index in [4.69, 9.17) is 0 Å². The van der Waals surface area contributed by atoms with Crippen molar-refractivity contribution in [1.29, 1.82) is 0 Å². The summed E-state index contributed by atoms with van der Waals surface area (Å²) in [5.74, 6) is 1.01. The van der Waals surface area contributed by atoms with E-state index in [0.717, 1.165) is 45.3 Å². The summed E-state index contributed by atoms with van der Waals surface area (Å²) in [5, 5.41) is 5.37. The first-order valence-corrected chi connectivity index (χ1v) is 9.12. The number of hydrogen-bond donors (Lipinski definition) is 1. The lowest BCUT2D eigenvalue weighted by Gasteiger charge is -2.32. The van der Waals surface area contributed by atoms with Crippen LogP contribution in [0.3, 0.4) is 0 Å². The number of thiophene rings is 1. The molecule has 0 aliphatic carbocycles. The minimum Gasteiger partial charge on any atom is -0.342 e. The van der Waals surface area contributed by atoms with Crippen LogP contribution in [-0.4, -0.2) is 37.5 Å². The Labute approximate surface area is 132 Å². The largest absolute Gasteiger partial charge is 0.342 e. The Morgan fingerprint density at radius 3 is 3.10 bits per heavy atom. The topological polar surface area (TPSA) is 32.3 Å². The number of amides is 1. The van der Waals surface area contributed by atoms with Crippen LogP contribution >= 0.6 is 11.3 Å². The number of rotatable bonds is 8. The Kier molecular flexibility index (Phi) is 7.24. The van der Waals surface area contributed by atoms with Crippen LogP contribution in [0.1, 0.15) is 43.4 Å². The molecule has 1 N–H and O–H groups in total. The van der Waals surface area contributed by atoms with Crippen molar-refractivity contribution < 1.29 is 4.79 Å². The number of carbonyl (C=O) groups is 1. The van der Waals surface area contributed by atoms with Crippen LogP contribution in [0.4, 0.5) is 0 Å². The van der Waals surface area contributed by atoms with E-state index in [-0.39, 0.29) is 0 Å². The van der Waals surface area contributed by atoms with E-state index in [1.165, 1.54) is 24.1 Å². The molecule has 2 heterocycles. The van der Waals surface area contributed by atoms with Gasteiger partial charge in [0, 0.05) is 24.4 Å². The molecular weight excluding hydrogens is 280 g/mol. The maximum atomic E-state index is 12.2. The van der Waals surface area contributed by atoms with Crippen molar-refractivity contribution in [3.63, 3.8) is 0 Å². The maximum Gasteiger partial charge on any atom is 0.222 e. The number of piperidine rings is 1. The van der Waals surface area contributed by atoms with E-state index in [1.54, 1.807) is 0 Å². The quantitative estimate of drug-likeness (QED) is 0.747. The molecule has 0 aromatic carbocycles. The van der Waals surface area contributed by atoms with Gasteiger partial charge in [-0.2, -0.15) is 0 Å². The molecule has 0 spiro atoms. The summed E-state index contributed by atoms with van der Waals surface area (Å²) in [6.45, 7) is 2.95. The van der Waals surface area contributed by atoms with E-state index >= 15 is 0 Å². The molecule has 1 aromatic heterocycles. The van der Waals surface area contributed by atoms with E-state index in [0.29, 0.717) is 11.8 Å². The summed E-state index contributed by atoms with van der Waals surface area (Å²) in [5.41, 5.74) is 0. The normalized spacial score (nSPS) is 18.9. The zero-order chi connectivity index (χ0) is 14.9. The lowest BCUT2D eigenvalue weighted by Crippen LogP contribution is -2.42. The van der Waals surface area contributed by atoms with E-state index < -0.39 is 0 Å². The van der Waals surface area contributed by atoms with Gasteiger partial charge in [-0.1, -0.05) is 12.5 Å². The molecular formula is C17H28N2OS. The monoisotopic (exact) mass is 308 g/mol. The highest BCUT2D eigenvalue weighted by molar-refractivity contribution is 7.09. The van der Waals surface area contributed by atoms with Crippen molar-refractivity contribution in [3.05, 3.63) is 22.4 Å². The average Bonchev–Trinajstić information content (AvgIpc) is 3.01. The maximum absolute atomic E-state index is 12.2. The molecule has 1 amide bonds. The fraction of sp³-hybridized carbons (Fsp3) is 0.706. The van der Waals surface area contributed by atoms with E-state index in [9.17, 15) is 4.79 Å². The summed E-state index contributed by atoms with van der Waals surface area (Å²) in [6.07, 6.45) is 7.73. The van der Waals surface area contributed by atoms with Crippen LogP contribution in [0.25, 0.3) is 0 Å². The van der Waals surface area contributed by atoms with Crippen molar-refractivity contribution in [3.8, 4) is 0 Å². The second kappa shape index (κ2) is 9.21. The number of aryl methyl sites for hydroxylation is 1. The Balaban J connectivity index is 1.58. The zero-order valence-electron chi connectivity index (χ0n) is 13.1. The molecule has 118 valence electrons. The summed E-state index contributed by atoms with van der Waals surface area (Å²) in [4.78, 5) is 15.8. The van der Waals surface area contributed by atoms with Gasteiger partial charge in [-0.25, -0.2) is 0 Å². The highest BCUT2D eigenvalue weighted by atomic mass is 32.1. The highest BCUT2D eigenvalue weighted by Crippen LogP contribution is 2.18. The van der Waals surface area contributed by atoms with Crippen LogP contribution in [0, 0.1) is 5.92 Å². The molecule has 1 aliphatic rings. The molecule has 3 nitrogen and oxygen atoms in total.